The fraction of sp³-hybridized carbons (Fsp3) is 0.500. The Morgan fingerprint density at radius 2 is 1.67 bits per heavy atom. The highest BCUT2D eigenvalue weighted by atomic mass is 35.5. The summed E-state index contributed by atoms with van der Waals surface area (Å²) in [5, 5.41) is 0.194. The highest BCUT2D eigenvalue weighted by Crippen LogP contribution is 1.73. The van der Waals surface area contributed by atoms with E-state index in [1.54, 1.807) is 6.08 Å². The van der Waals surface area contributed by atoms with E-state index >= 15 is 0 Å². The van der Waals surface area contributed by atoms with Gasteiger partial charge in [0.25, 0.3) is 0 Å². The third kappa shape index (κ3) is 465. The van der Waals surface area contributed by atoms with Crippen molar-refractivity contribution in [2.75, 3.05) is 5.34 Å². The Balaban J connectivity index is 0. The summed E-state index contributed by atoms with van der Waals surface area (Å²) in [6.07, 6.45) is 1.75. The van der Waals surface area contributed by atoms with E-state index in [1.807, 2.05) is 6.92 Å². The van der Waals surface area contributed by atoms with Crippen LogP contribution in [0.25, 0.3) is 0 Å². The highest BCUT2D eigenvalue weighted by molar-refractivity contribution is 6.40. The van der Waals surface area contributed by atoms with Gasteiger partial charge in [0.1, 0.15) is 0 Å². The van der Waals surface area contributed by atoms with Gasteiger partial charge < -0.3 is 0 Å². The summed E-state index contributed by atoms with van der Waals surface area (Å²) in [5.74, 6) is 0. The molecule has 0 fully saturated rings. The number of hydrogen-bond donors (Lipinski definition) is 0. The molecule has 0 bridgehead atoms. The first-order valence-electron chi connectivity index (χ1n) is 1.52. The second-order valence-corrected chi connectivity index (χ2v) is 1.32. The predicted molar refractivity (Wildman–Crippen MR) is 32.4 cm³/mol. The molecule has 0 N–H and O–H groups in total. The smallest absolute Gasteiger partial charge is 0.0967 e. The molecule has 0 aromatic heterocycles. The topological polar surface area (TPSA) is 0 Å². The highest BCUT2D eigenvalue weighted by Gasteiger charge is 1.41. The van der Waals surface area contributed by atoms with E-state index in [1.165, 1.54) is 0 Å². The minimum Gasteiger partial charge on any atom is -0.109 e. The maximum absolute atomic E-state index is 4.76. The minimum atomic E-state index is 0.194. The van der Waals surface area contributed by atoms with Gasteiger partial charge in [-0.15, -0.1) is 29.8 Å². The van der Waals surface area contributed by atoms with E-state index in [-0.39, 0.29) is 5.34 Å². The molecule has 0 aliphatic heterocycles. The van der Waals surface area contributed by atoms with Crippen molar-refractivity contribution in [1.29, 1.82) is 0 Å². The van der Waals surface area contributed by atoms with Crippen LogP contribution in [0.3, 0.4) is 0 Å². The van der Waals surface area contributed by atoms with Gasteiger partial charge >= 0.3 is 0 Å². The van der Waals surface area contributed by atoms with Gasteiger partial charge in [-0.05, 0) is 6.92 Å². The standard InChI is InChI=1S/C3H6.CH2Cl2/c1-3-2;2-1-3/h3H,1H2,2H3;1H2. The molecule has 0 unspecified atom stereocenters. The summed E-state index contributed by atoms with van der Waals surface area (Å²) in [7, 11) is 0. The number of halogens is 2. The lowest BCUT2D eigenvalue weighted by molar-refractivity contribution is 1.80. The Morgan fingerprint density at radius 3 is 1.67 bits per heavy atom. The van der Waals surface area contributed by atoms with Crippen molar-refractivity contribution in [2.24, 2.45) is 0 Å². The van der Waals surface area contributed by atoms with Gasteiger partial charge in [-0.2, -0.15) is 0 Å². The normalized spacial score (nSPS) is 5.17. The average molecular weight is 127 g/mol. The van der Waals surface area contributed by atoms with Crippen molar-refractivity contribution in [2.45, 2.75) is 6.92 Å². The molecule has 0 aromatic carbocycles. The summed E-state index contributed by atoms with van der Waals surface area (Å²) < 4.78 is 0. The van der Waals surface area contributed by atoms with E-state index in [0.29, 0.717) is 0 Å². The zero-order chi connectivity index (χ0) is 5.41. The number of alkyl halides is 2. The molecule has 38 valence electrons. The Hall–Kier alpha value is 0.320. The van der Waals surface area contributed by atoms with Gasteiger partial charge in [-0.1, -0.05) is 6.08 Å². The second kappa shape index (κ2) is 18.4. The summed E-state index contributed by atoms with van der Waals surface area (Å²) in [6.45, 7) is 5.25. The van der Waals surface area contributed by atoms with E-state index in [4.69, 9.17) is 23.2 Å². The van der Waals surface area contributed by atoms with Crippen molar-refractivity contribution in [3.63, 3.8) is 0 Å². The largest absolute Gasteiger partial charge is 0.109 e. The first kappa shape index (κ1) is 9.58. The molecule has 0 saturated carbocycles. The van der Waals surface area contributed by atoms with Crippen LogP contribution < -0.4 is 0 Å². The number of hydrogen-bond acceptors (Lipinski definition) is 0. The molecule has 0 atom stereocenters. The molecule has 0 spiro atoms. The van der Waals surface area contributed by atoms with E-state index < -0.39 is 0 Å². The predicted octanol–water partition coefficient (Wildman–Crippen LogP) is 2.61. The summed E-state index contributed by atoms with van der Waals surface area (Å²) in [5.41, 5.74) is 0. The van der Waals surface area contributed by atoms with Gasteiger partial charge in [-0.3, -0.25) is 0 Å². The molecule has 0 rings (SSSR count). The Morgan fingerprint density at radius 1 is 1.67 bits per heavy atom. The Bertz CT molecular complexity index is 19.5. The maximum Gasteiger partial charge on any atom is 0.0967 e. The average Bonchev–Trinajstić information content (AvgIpc) is 1.39. The Kier molecular flexibility index (Phi) is 29.5. The molecule has 2 heteroatoms. The fourth-order valence-electron chi connectivity index (χ4n) is 0. The van der Waals surface area contributed by atoms with Crippen molar-refractivity contribution in [3.05, 3.63) is 12.7 Å². The zero-order valence-electron chi connectivity index (χ0n) is 3.75. The van der Waals surface area contributed by atoms with Crippen molar-refractivity contribution in [1.82, 2.24) is 0 Å². The van der Waals surface area contributed by atoms with Gasteiger partial charge in [0.05, 0.1) is 5.34 Å². The molecular weight excluding hydrogens is 119 g/mol. The Labute approximate surface area is 48.8 Å². The van der Waals surface area contributed by atoms with Crippen LogP contribution in [0.5, 0.6) is 0 Å². The fourth-order valence-corrected chi connectivity index (χ4v) is 0. The number of allylic oxidation sites excluding steroid dienone is 1. The third-order valence-corrected chi connectivity index (χ3v) is 0. The summed E-state index contributed by atoms with van der Waals surface area (Å²) in [6, 6.07) is 0. The van der Waals surface area contributed by atoms with Gasteiger partial charge in [0.2, 0.25) is 0 Å². The molecular formula is C4H8Cl2. The summed E-state index contributed by atoms with van der Waals surface area (Å²) >= 11 is 9.53. The lowest BCUT2D eigenvalue weighted by Crippen LogP contribution is -1.24. The van der Waals surface area contributed by atoms with Crippen LogP contribution in [-0.4, -0.2) is 5.34 Å². The van der Waals surface area contributed by atoms with Gasteiger partial charge in [0.15, 0.2) is 0 Å². The SMILES string of the molecule is C=CC.ClCCl. The molecule has 0 radical (unpaired) electrons. The third-order valence-electron chi connectivity index (χ3n) is 0. The molecule has 0 aliphatic rings. The second-order valence-electron chi connectivity index (χ2n) is 0.509. The first-order valence-corrected chi connectivity index (χ1v) is 2.59. The van der Waals surface area contributed by atoms with Crippen molar-refractivity contribution >= 4 is 23.2 Å². The lowest BCUT2D eigenvalue weighted by Gasteiger charge is -1.42. The molecule has 0 heterocycles. The van der Waals surface area contributed by atoms with E-state index in [0.717, 1.165) is 0 Å². The van der Waals surface area contributed by atoms with Crippen LogP contribution in [0, 0.1) is 0 Å². The first-order chi connectivity index (χ1) is 2.83. The summed E-state index contributed by atoms with van der Waals surface area (Å²) in [4.78, 5) is 0. The molecule has 0 aromatic rings. The van der Waals surface area contributed by atoms with Gasteiger partial charge in [-0.25, -0.2) is 0 Å². The molecule has 6 heavy (non-hydrogen) atoms. The quantitative estimate of drug-likeness (QED) is 0.346. The van der Waals surface area contributed by atoms with Crippen LogP contribution in [-0.2, 0) is 0 Å². The molecule has 0 nitrogen and oxygen atoms in total. The minimum absolute atomic E-state index is 0.194. The van der Waals surface area contributed by atoms with Crippen LogP contribution in [0.1, 0.15) is 6.92 Å². The van der Waals surface area contributed by atoms with E-state index in [2.05, 4.69) is 6.58 Å². The molecule has 0 aliphatic carbocycles. The number of rotatable bonds is 0. The van der Waals surface area contributed by atoms with Crippen molar-refractivity contribution < 1.29 is 0 Å². The molecule has 0 amide bonds. The van der Waals surface area contributed by atoms with Crippen LogP contribution in [0.15, 0.2) is 12.7 Å². The molecule has 0 saturated heterocycles. The lowest BCUT2D eigenvalue weighted by atomic mass is 10.8. The van der Waals surface area contributed by atoms with Gasteiger partial charge in [0, 0.05) is 0 Å². The maximum atomic E-state index is 4.76. The van der Waals surface area contributed by atoms with Crippen LogP contribution in [0.4, 0.5) is 0 Å². The van der Waals surface area contributed by atoms with E-state index in [9.17, 15) is 0 Å². The van der Waals surface area contributed by atoms with Crippen LogP contribution >= 0.6 is 23.2 Å². The monoisotopic (exact) mass is 126 g/mol. The van der Waals surface area contributed by atoms with Crippen LogP contribution in [0.2, 0.25) is 0 Å². The zero-order valence-corrected chi connectivity index (χ0v) is 5.26. The van der Waals surface area contributed by atoms with Crippen molar-refractivity contribution in [3.8, 4) is 0 Å².